The van der Waals surface area contributed by atoms with Gasteiger partial charge in [-0.2, -0.15) is 0 Å². The van der Waals surface area contributed by atoms with Crippen LogP contribution in [0.15, 0.2) is 0 Å². The van der Waals surface area contributed by atoms with Gasteiger partial charge in [0.15, 0.2) is 0 Å². The van der Waals surface area contributed by atoms with Crippen LogP contribution in [0.5, 0.6) is 0 Å². The number of rotatable bonds is 2. The van der Waals surface area contributed by atoms with Gasteiger partial charge in [-0.1, -0.05) is 27.2 Å². The summed E-state index contributed by atoms with van der Waals surface area (Å²) in [5, 5.41) is 2.79. The van der Waals surface area contributed by atoms with E-state index in [9.17, 15) is 4.79 Å². The molecular formula is C13H23NO2. The summed E-state index contributed by atoms with van der Waals surface area (Å²) in [6.45, 7) is 7.69. The van der Waals surface area contributed by atoms with E-state index >= 15 is 0 Å². The molecule has 2 fully saturated rings. The molecule has 1 spiro atoms. The average Bonchev–Trinajstić information content (AvgIpc) is 2.61. The molecule has 1 saturated heterocycles. The monoisotopic (exact) mass is 225 g/mol. The highest BCUT2D eigenvalue weighted by atomic mass is 16.6. The van der Waals surface area contributed by atoms with E-state index in [0.29, 0.717) is 12.0 Å². The first-order chi connectivity index (χ1) is 7.47. The minimum atomic E-state index is -0.229. The summed E-state index contributed by atoms with van der Waals surface area (Å²) >= 11 is 0. The molecule has 0 aromatic heterocycles. The summed E-state index contributed by atoms with van der Waals surface area (Å²) in [5.74, 6) is 0.780. The van der Waals surface area contributed by atoms with Crippen LogP contribution in [-0.4, -0.2) is 18.2 Å². The molecule has 0 atom stereocenters. The van der Waals surface area contributed by atoms with Crippen molar-refractivity contribution in [2.75, 3.05) is 6.54 Å². The Balaban J connectivity index is 1.94. The normalized spacial score (nSPS) is 34.9. The van der Waals surface area contributed by atoms with E-state index in [1.54, 1.807) is 0 Å². The zero-order valence-electron chi connectivity index (χ0n) is 10.6. The number of hydrogen-bond acceptors (Lipinski definition) is 2. The third kappa shape index (κ3) is 2.04. The van der Waals surface area contributed by atoms with Gasteiger partial charge in [0.1, 0.15) is 5.60 Å². The second-order valence-electron chi connectivity index (χ2n) is 6.04. The third-order valence-electron chi connectivity index (χ3n) is 4.78. The number of ether oxygens (including phenoxy) is 1. The Morgan fingerprint density at radius 2 is 2.06 bits per heavy atom. The van der Waals surface area contributed by atoms with Crippen molar-refractivity contribution >= 4 is 6.09 Å². The van der Waals surface area contributed by atoms with Gasteiger partial charge < -0.3 is 10.1 Å². The molecule has 0 aromatic rings. The number of alkyl carbamates (subject to hydrolysis) is 1. The maximum atomic E-state index is 11.1. The molecule has 0 aromatic carbocycles. The minimum absolute atomic E-state index is 0.169. The fourth-order valence-corrected chi connectivity index (χ4v) is 2.99. The molecular weight excluding hydrogens is 202 g/mol. The van der Waals surface area contributed by atoms with Crippen LogP contribution in [0.4, 0.5) is 4.79 Å². The zero-order valence-corrected chi connectivity index (χ0v) is 10.6. The Morgan fingerprint density at radius 3 is 2.50 bits per heavy atom. The van der Waals surface area contributed by atoms with Crippen molar-refractivity contribution in [3.8, 4) is 0 Å². The highest BCUT2D eigenvalue weighted by Gasteiger charge is 2.45. The van der Waals surface area contributed by atoms with E-state index in [1.807, 2.05) is 0 Å². The van der Waals surface area contributed by atoms with Gasteiger partial charge in [-0.15, -0.1) is 0 Å². The lowest BCUT2D eigenvalue weighted by atomic mass is 9.66. The van der Waals surface area contributed by atoms with Crippen molar-refractivity contribution < 1.29 is 9.53 Å². The molecule has 1 saturated carbocycles. The van der Waals surface area contributed by atoms with Crippen LogP contribution < -0.4 is 5.32 Å². The number of nitrogens with one attached hydrogen (secondary N) is 1. The lowest BCUT2D eigenvalue weighted by molar-refractivity contribution is -0.00686. The van der Waals surface area contributed by atoms with E-state index < -0.39 is 0 Å². The van der Waals surface area contributed by atoms with E-state index in [-0.39, 0.29) is 11.7 Å². The number of carbonyl (C=O) groups excluding carboxylic acids is 1. The number of carbonyl (C=O) groups is 1. The van der Waals surface area contributed by atoms with Crippen LogP contribution in [0.25, 0.3) is 0 Å². The molecule has 1 amide bonds. The molecule has 0 radical (unpaired) electrons. The van der Waals surface area contributed by atoms with Gasteiger partial charge in [0, 0.05) is 0 Å². The Bertz CT molecular complexity index is 278. The molecule has 2 rings (SSSR count). The molecule has 3 nitrogen and oxygen atoms in total. The smallest absolute Gasteiger partial charge is 0.407 e. The molecule has 1 aliphatic heterocycles. The molecule has 2 aliphatic rings. The van der Waals surface area contributed by atoms with E-state index in [4.69, 9.17) is 4.74 Å². The van der Waals surface area contributed by atoms with Gasteiger partial charge in [-0.05, 0) is 37.0 Å². The molecule has 1 aliphatic carbocycles. The fourth-order valence-electron chi connectivity index (χ4n) is 2.99. The first kappa shape index (κ1) is 11.7. The van der Waals surface area contributed by atoms with Gasteiger partial charge in [0.25, 0.3) is 0 Å². The first-order valence-corrected chi connectivity index (χ1v) is 6.44. The molecule has 92 valence electrons. The van der Waals surface area contributed by atoms with Crippen molar-refractivity contribution in [1.82, 2.24) is 5.32 Å². The Hall–Kier alpha value is -0.730. The predicted molar refractivity (Wildman–Crippen MR) is 63.2 cm³/mol. The van der Waals surface area contributed by atoms with Crippen molar-refractivity contribution in [3.05, 3.63) is 0 Å². The highest BCUT2D eigenvalue weighted by Crippen LogP contribution is 2.45. The summed E-state index contributed by atoms with van der Waals surface area (Å²) in [6, 6.07) is 0. The number of hydrogen-bond donors (Lipinski definition) is 1. The maximum absolute atomic E-state index is 11.1. The summed E-state index contributed by atoms with van der Waals surface area (Å²) < 4.78 is 5.43. The van der Waals surface area contributed by atoms with Gasteiger partial charge in [0.2, 0.25) is 0 Å². The minimum Gasteiger partial charge on any atom is -0.441 e. The van der Waals surface area contributed by atoms with Crippen LogP contribution >= 0.6 is 0 Å². The number of amides is 1. The molecule has 0 unspecified atom stereocenters. The molecule has 1 heterocycles. The molecule has 3 heteroatoms. The van der Waals surface area contributed by atoms with Gasteiger partial charge in [-0.25, -0.2) is 4.79 Å². The van der Waals surface area contributed by atoms with Gasteiger partial charge >= 0.3 is 6.09 Å². The second-order valence-corrected chi connectivity index (χ2v) is 6.04. The van der Waals surface area contributed by atoms with E-state index in [2.05, 4.69) is 26.1 Å². The SMILES string of the molecule is CCC(C)(C)C1CCC2(CC1)CNC(=O)O2. The largest absolute Gasteiger partial charge is 0.441 e. The molecule has 0 bridgehead atoms. The first-order valence-electron chi connectivity index (χ1n) is 6.44. The second kappa shape index (κ2) is 3.94. The standard InChI is InChI=1S/C13H23NO2/c1-4-12(2,3)10-5-7-13(8-6-10)9-14-11(15)16-13/h10H,4-9H2,1-3H3,(H,14,15). The zero-order chi connectivity index (χ0) is 11.8. The molecule has 1 N–H and O–H groups in total. The summed E-state index contributed by atoms with van der Waals surface area (Å²) in [7, 11) is 0. The van der Waals surface area contributed by atoms with E-state index in [0.717, 1.165) is 18.8 Å². The van der Waals surface area contributed by atoms with Gasteiger partial charge in [0.05, 0.1) is 6.54 Å². The van der Waals surface area contributed by atoms with Crippen molar-refractivity contribution in [3.63, 3.8) is 0 Å². The van der Waals surface area contributed by atoms with Crippen LogP contribution in [0, 0.1) is 11.3 Å². The quantitative estimate of drug-likeness (QED) is 0.784. The summed E-state index contributed by atoms with van der Waals surface area (Å²) in [4.78, 5) is 11.1. The van der Waals surface area contributed by atoms with Crippen molar-refractivity contribution in [2.45, 2.75) is 58.5 Å². The summed E-state index contributed by atoms with van der Waals surface area (Å²) in [5.41, 5.74) is 0.259. The highest BCUT2D eigenvalue weighted by molar-refractivity contribution is 5.70. The van der Waals surface area contributed by atoms with Crippen LogP contribution in [0.3, 0.4) is 0 Å². The topological polar surface area (TPSA) is 38.3 Å². The lowest BCUT2D eigenvalue weighted by Gasteiger charge is -2.41. The van der Waals surface area contributed by atoms with Crippen LogP contribution in [-0.2, 0) is 4.74 Å². The van der Waals surface area contributed by atoms with Crippen LogP contribution in [0.2, 0.25) is 0 Å². The van der Waals surface area contributed by atoms with Crippen LogP contribution in [0.1, 0.15) is 52.9 Å². The fraction of sp³-hybridized carbons (Fsp3) is 0.923. The molecule has 16 heavy (non-hydrogen) atoms. The van der Waals surface area contributed by atoms with E-state index in [1.165, 1.54) is 19.3 Å². The lowest BCUT2D eigenvalue weighted by Crippen LogP contribution is -2.40. The Morgan fingerprint density at radius 1 is 1.44 bits per heavy atom. The van der Waals surface area contributed by atoms with Crippen molar-refractivity contribution in [1.29, 1.82) is 0 Å². The predicted octanol–water partition coefficient (Wildman–Crippen LogP) is 3.09. The maximum Gasteiger partial charge on any atom is 0.407 e. The van der Waals surface area contributed by atoms with Crippen molar-refractivity contribution in [2.24, 2.45) is 11.3 Å². The van der Waals surface area contributed by atoms with Gasteiger partial charge in [-0.3, -0.25) is 0 Å². The summed E-state index contributed by atoms with van der Waals surface area (Å²) in [6.07, 6.45) is 5.43. The Kier molecular flexibility index (Phi) is 2.89. The third-order valence-corrected chi connectivity index (χ3v) is 4.78. The average molecular weight is 225 g/mol. The Labute approximate surface area is 97.9 Å².